The molecule has 0 amide bonds. The molecule has 8 atom stereocenters. The molecule has 0 aliphatic heterocycles. The Morgan fingerprint density at radius 1 is 0.711 bits per heavy atom. The van der Waals surface area contributed by atoms with E-state index in [1.807, 2.05) is 60.7 Å². The number of para-hydroxylation sites is 1. The number of nitrogens with one attached hydrogen (secondary N) is 1. The molecule has 0 aromatic heterocycles. The number of rotatable bonds is 10. The fourth-order valence-corrected chi connectivity index (χ4v) is 9.05. The quantitative estimate of drug-likeness (QED) is 0.305. The van der Waals surface area contributed by atoms with Crippen molar-refractivity contribution < 1.29 is 13.6 Å². The van der Waals surface area contributed by atoms with E-state index in [0.717, 1.165) is 36.9 Å². The molecule has 2 aromatic rings. The number of hydrogen-bond acceptors (Lipinski definition) is 4. The van der Waals surface area contributed by atoms with E-state index in [0.29, 0.717) is 35.5 Å². The van der Waals surface area contributed by atoms with Crippen molar-refractivity contribution in [2.24, 2.45) is 35.5 Å². The number of hydrogen-bond donors (Lipinski definition) is 1. The minimum atomic E-state index is -3.67. The summed E-state index contributed by atoms with van der Waals surface area (Å²) in [5.41, 5.74) is 1.86. The van der Waals surface area contributed by atoms with Gasteiger partial charge in [0.1, 0.15) is 0 Å². The zero-order chi connectivity index (χ0) is 27.3. The molecule has 1 N–H and O–H groups in total. The van der Waals surface area contributed by atoms with Gasteiger partial charge in [-0.15, -0.1) is 0 Å². The lowest BCUT2D eigenvalue weighted by Gasteiger charge is -2.43. The predicted octanol–water partition coefficient (Wildman–Crippen LogP) is 9.95. The number of anilines is 1. The highest BCUT2D eigenvalue weighted by Gasteiger charge is 2.47. The summed E-state index contributed by atoms with van der Waals surface area (Å²) in [6, 6.07) is 20.2. The van der Waals surface area contributed by atoms with E-state index in [-0.39, 0.29) is 12.2 Å². The van der Waals surface area contributed by atoms with E-state index in [4.69, 9.17) is 9.05 Å². The molecule has 0 radical (unpaired) electrons. The maximum atomic E-state index is 15.5. The lowest BCUT2D eigenvalue weighted by atomic mass is 9.75. The van der Waals surface area contributed by atoms with Gasteiger partial charge >= 0.3 is 7.60 Å². The molecule has 2 fully saturated rings. The monoisotopic (exact) mass is 539 g/mol. The summed E-state index contributed by atoms with van der Waals surface area (Å²) in [6.07, 6.45) is 6.33. The summed E-state index contributed by atoms with van der Waals surface area (Å²) < 4.78 is 29.4. The molecular weight excluding hydrogens is 489 g/mol. The van der Waals surface area contributed by atoms with Gasteiger partial charge in [0, 0.05) is 5.69 Å². The molecule has 5 heteroatoms. The van der Waals surface area contributed by atoms with Crippen molar-refractivity contribution >= 4 is 13.3 Å². The van der Waals surface area contributed by atoms with E-state index >= 15 is 4.57 Å². The Balaban J connectivity index is 1.76. The first-order valence-corrected chi connectivity index (χ1v) is 16.6. The molecular formula is C33H50NO3P. The smallest absolute Gasteiger partial charge is 0.357 e. The lowest BCUT2D eigenvalue weighted by molar-refractivity contribution is -0.00541. The largest absolute Gasteiger partial charge is 0.368 e. The van der Waals surface area contributed by atoms with Gasteiger partial charge in [0.15, 0.2) is 5.78 Å². The maximum Gasteiger partial charge on any atom is 0.357 e. The first-order valence-electron chi connectivity index (χ1n) is 15.0. The van der Waals surface area contributed by atoms with Gasteiger partial charge in [-0.1, -0.05) is 103 Å². The minimum absolute atomic E-state index is 0.0770. The lowest BCUT2D eigenvalue weighted by Crippen LogP contribution is -2.37. The van der Waals surface area contributed by atoms with Crippen molar-refractivity contribution in [3.05, 3.63) is 66.2 Å². The van der Waals surface area contributed by atoms with Crippen LogP contribution in [0, 0.1) is 35.5 Å². The number of benzene rings is 2. The predicted molar refractivity (Wildman–Crippen MR) is 159 cm³/mol. The zero-order valence-corrected chi connectivity index (χ0v) is 25.3. The third-order valence-electron chi connectivity index (χ3n) is 9.00. The molecule has 2 aromatic carbocycles. The SMILES string of the molecule is CC(C)[C@H]1CC[C@@H](C)C[C@H]1OP(=O)(O[C@@H]1C[C@H](C)CC[C@H]1C(C)C)[C@@H](Nc1ccccc1)c1ccccc1. The van der Waals surface area contributed by atoms with Crippen molar-refractivity contribution in [2.45, 2.75) is 98.1 Å². The zero-order valence-electron chi connectivity index (χ0n) is 24.4. The van der Waals surface area contributed by atoms with Gasteiger partial charge in [-0.3, -0.25) is 4.57 Å². The van der Waals surface area contributed by atoms with Gasteiger partial charge in [0.05, 0.1) is 12.2 Å². The second kappa shape index (κ2) is 13.2. The molecule has 38 heavy (non-hydrogen) atoms. The van der Waals surface area contributed by atoms with Gasteiger partial charge < -0.3 is 14.4 Å². The van der Waals surface area contributed by atoms with Crippen molar-refractivity contribution in [2.75, 3.05) is 5.32 Å². The Morgan fingerprint density at radius 3 is 1.61 bits per heavy atom. The van der Waals surface area contributed by atoms with Gasteiger partial charge in [0.2, 0.25) is 0 Å². The van der Waals surface area contributed by atoms with Crippen LogP contribution < -0.4 is 5.32 Å². The Hall–Kier alpha value is -1.61. The summed E-state index contributed by atoms with van der Waals surface area (Å²) in [5, 5.41) is 3.61. The van der Waals surface area contributed by atoms with Gasteiger partial charge in [-0.2, -0.15) is 0 Å². The van der Waals surface area contributed by atoms with Crippen LogP contribution in [0.3, 0.4) is 0 Å². The molecule has 2 saturated carbocycles. The maximum absolute atomic E-state index is 15.5. The molecule has 1 unspecified atom stereocenters. The van der Waals surface area contributed by atoms with Crippen molar-refractivity contribution in [3.63, 3.8) is 0 Å². The van der Waals surface area contributed by atoms with E-state index in [2.05, 4.69) is 46.9 Å². The van der Waals surface area contributed by atoms with Crippen LogP contribution in [0.2, 0.25) is 0 Å². The topological polar surface area (TPSA) is 47.6 Å². The van der Waals surface area contributed by atoms with Crippen LogP contribution in [-0.2, 0) is 13.6 Å². The van der Waals surface area contributed by atoms with Gasteiger partial charge in [0.25, 0.3) is 0 Å². The van der Waals surface area contributed by atoms with Crippen LogP contribution in [-0.4, -0.2) is 12.2 Å². The molecule has 0 bridgehead atoms. The van der Waals surface area contributed by atoms with Crippen LogP contribution in [0.25, 0.3) is 0 Å². The van der Waals surface area contributed by atoms with E-state index in [1.54, 1.807) is 0 Å². The summed E-state index contributed by atoms with van der Waals surface area (Å²) in [5.74, 6) is 2.22. The summed E-state index contributed by atoms with van der Waals surface area (Å²) in [6.45, 7) is 13.7. The second-order valence-corrected chi connectivity index (χ2v) is 14.8. The van der Waals surface area contributed by atoms with Crippen LogP contribution in [0.15, 0.2) is 60.7 Å². The molecule has 4 nitrogen and oxygen atoms in total. The standard InChI is InChI=1S/C33H50NO3P/c1-23(2)29-19-17-25(5)21-31(29)36-38(35,37-32-22-26(6)18-20-30(32)24(3)4)33(27-13-9-7-10-14-27)34-28-15-11-8-12-16-28/h7-16,23-26,29-34H,17-22H2,1-6H3/t25-,26-,29-,30+,31-,32-,33-,38?/m1/s1. The van der Waals surface area contributed by atoms with E-state index in [9.17, 15) is 0 Å². The van der Waals surface area contributed by atoms with E-state index < -0.39 is 13.4 Å². The highest BCUT2D eigenvalue weighted by Crippen LogP contribution is 2.65. The second-order valence-electron chi connectivity index (χ2n) is 12.8. The fourth-order valence-electron chi connectivity index (χ4n) is 6.67. The molecule has 2 aliphatic carbocycles. The molecule has 0 heterocycles. The Kier molecular flexibility index (Phi) is 10.2. The Labute approximate surface area is 231 Å². The van der Waals surface area contributed by atoms with Crippen molar-refractivity contribution in [1.82, 2.24) is 0 Å². The third-order valence-corrected chi connectivity index (χ3v) is 11.2. The summed E-state index contributed by atoms with van der Waals surface area (Å²) >= 11 is 0. The Morgan fingerprint density at radius 2 is 1.16 bits per heavy atom. The van der Waals surface area contributed by atoms with E-state index in [1.165, 1.54) is 12.8 Å². The highest BCUT2D eigenvalue weighted by atomic mass is 31.2. The summed E-state index contributed by atoms with van der Waals surface area (Å²) in [4.78, 5) is 0. The van der Waals surface area contributed by atoms with Crippen molar-refractivity contribution in [3.8, 4) is 0 Å². The molecule has 210 valence electrons. The van der Waals surface area contributed by atoms with Gasteiger partial charge in [-0.05, 0) is 78.9 Å². The Bertz CT molecular complexity index is 989. The molecule has 0 spiro atoms. The average Bonchev–Trinajstić information content (AvgIpc) is 2.88. The molecule has 0 saturated heterocycles. The molecule has 4 rings (SSSR count). The normalized spacial score (nSPS) is 30.6. The molecule has 2 aliphatic rings. The highest BCUT2D eigenvalue weighted by molar-refractivity contribution is 7.54. The van der Waals surface area contributed by atoms with Crippen LogP contribution in [0.5, 0.6) is 0 Å². The third kappa shape index (κ3) is 7.32. The first-order chi connectivity index (χ1) is 18.2. The van der Waals surface area contributed by atoms with Crippen LogP contribution in [0.1, 0.15) is 91.4 Å². The summed E-state index contributed by atoms with van der Waals surface area (Å²) in [7, 11) is -3.67. The van der Waals surface area contributed by atoms with Crippen LogP contribution in [0.4, 0.5) is 5.69 Å². The van der Waals surface area contributed by atoms with Gasteiger partial charge in [-0.25, -0.2) is 0 Å². The first kappa shape index (κ1) is 29.4. The minimum Gasteiger partial charge on any atom is -0.368 e. The van der Waals surface area contributed by atoms with Crippen LogP contribution >= 0.6 is 7.60 Å². The average molecular weight is 540 g/mol. The van der Waals surface area contributed by atoms with Crippen molar-refractivity contribution in [1.29, 1.82) is 0 Å². The fraction of sp³-hybridized carbons (Fsp3) is 0.636.